The summed E-state index contributed by atoms with van der Waals surface area (Å²) in [5, 5.41) is 39.7. The molecular formula is C23H35N5O9. The first-order chi connectivity index (χ1) is 17.3. The molecule has 14 heteroatoms. The quantitative estimate of drug-likeness (QED) is 0.189. The lowest BCUT2D eigenvalue weighted by molar-refractivity contribution is -0.203. The van der Waals surface area contributed by atoms with Crippen LogP contribution in [0.25, 0.3) is 0 Å². The highest BCUT2D eigenvalue weighted by molar-refractivity contribution is 5.91. The fourth-order valence-corrected chi connectivity index (χ4v) is 3.50. The van der Waals surface area contributed by atoms with Gasteiger partial charge >= 0.3 is 6.09 Å². The van der Waals surface area contributed by atoms with Crippen LogP contribution in [-0.4, -0.2) is 92.9 Å². The lowest BCUT2D eigenvalue weighted by Gasteiger charge is -2.42. The number of alkyl carbamates (subject to hydrolysis) is 1. The Labute approximate surface area is 214 Å². The predicted octanol–water partition coefficient (Wildman–Crippen LogP) is -1.96. The minimum Gasteiger partial charge on any atom is -0.444 e. The van der Waals surface area contributed by atoms with Crippen LogP contribution in [0.15, 0.2) is 24.4 Å². The van der Waals surface area contributed by atoms with Crippen LogP contribution >= 0.6 is 0 Å². The van der Waals surface area contributed by atoms with E-state index >= 15 is 0 Å². The summed E-state index contributed by atoms with van der Waals surface area (Å²) in [6.07, 6.45) is -5.66. The maximum Gasteiger partial charge on any atom is 0.408 e. The summed E-state index contributed by atoms with van der Waals surface area (Å²) in [6, 6.07) is 2.50. The monoisotopic (exact) mass is 525 g/mol. The summed E-state index contributed by atoms with van der Waals surface area (Å²) in [7, 11) is 0. The second-order valence-electron chi connectivity index (χ2n) is 9.49. The van der Waals surface area contributed by atoms with Crippen LogP contribution in [0, 0.1) is 0 Å². The van der Waals surface area contributed by atoms with Gasteiger partial charge in [0.1, 0.15) is 36.0 Å². The number of hydrogen-bond donors (Lipinski definition) is 7. The van der Waals surface area contributed by atoms with Crippen LogP contribution in [0.5, 0.6) is 0 Å². The Morgan fingerprint density at radius 2 is 1.84 bits per heavy atom. The molecule has 0 radical (unpaired) electrons. The zero-order valence-corrected chi connectivity index (χ0v) is 21.1. The van der Waals surface area contributed by atoms with Crippen molar-refractivity contribution in [3.8, 4) is 0 Å². The van der Waals surface area contributed by atoms with Crippen molar-refractivity contribution in [2.75, 3.05) is 6.61 Å². The van der Waals surface area contributed by atoms with Gasteiger partial charge in [0.25, 0.3) is 0 Å². The molecule has 0 spiro atoms. The maximum absolute atomic E-state index is 12.9. The summed E-state index contributed by atoms with van der Waals surface area (Å²) >= 11 is 0. The molecule has 0 saturated carbocycles. The molecule has 0 aliphatic carbocycles. The van der Waals surface area contributed by atoms with Gasteiger partial charge in [-0.3, -0.25) is 19.4 Å². The van der Waals surface area contributed by atoms with Crippen LogP contribution in [-0.2, 0) is 30.4 Å². The van der Waals surface area contributed by atoms with Gasteiger partial charge in [0, 0.05) is 13.1 Å². The van der Waals surface area contributed by atoms with E-state index in [9.17, 15) is 34.5 Å². The third-order valence-electron chi connectivity index (χ3n) is 5.17. The highest BCUT2D eigenvalue weighted by atomic mass is 16.6. The highest BCUT2D eigenvalue weighted by Crippen LogP contribution is 2.20. The second kappa shape index (κ2) is 13.3. The Morgan fingerprint density at radius 1 is 1.14 bits per heavy atom. The Balaban J connectivity index is 2.14. The van der Waals surface area contributed by atoms with Crippen molar-refractivity contribution < 1.29 is 44.0 Å². The van der Waals surface area contributed by atoms with Crippen molar-refractivity contribution >= 4 is 23.8 Å². The van der Waals surface area contributed by atoms with E-state index in [1.54, 1.807) is 45.2 Å². The van der Waals surface area contributed by atoms with Crippen molar-refractivity contribution in [2.24, 2.45) is 0 Å². The third-order valence-corrected chi connectivity index (χ3v) is 5.17. The third kappa shape index (κ3) is 9.57. The number of amides is 4. The minimum absolute atomic E-state index is 0.0341. The molecule has 2 heterocycles. The molecule has 1 saturated heterocycles. The van der Waals surface area contributed by atoms with Crippen LogP contribution in [0.2, 0.25) is 0 Å². The lowest BCUT2D eigenvalue weighted by Crippen LogP contribution is -2.68. The molecule has 1 aliphatic heterocycles. The largest absolute Gasteiger partial charge is 0.444 e. The van der Waals surface area contributed by atoms with Gasteiger partial charge in [-0.15, -0.1) is 0 Å². The van der Waals surface area contributed by atoms with Crippen molar-refractivity contribution in [1.82, 2.24) is 26.3 Å². The molecule has 206 valence electrons. The smallest absolute Gasteiger partial charge is 0.408 e. The number of aliphatic hydroxyl groups is 3. The molecule has 2 rings (SSSR count). The zero-order chi connectivity index (χ0) is 27.8. The summed E-state index contributed by atoms with van der Waals surface area (Å²) in [6.45, 7) is 5.44. The molecule has 4 amide bonds. The van der Waals surface area contributed by atoms with Gasteiger partial charge in [0.2, 0.25) is 17.7 Å². The molecule has 14 nitrogen and oxygen atoms in total. The molecule has 1 fully saturated rings. The SMILES string of the molecule is CC(=O)N[C@@H]1[C@@H](O)[C@H](O)[C@@H](CO)O[C@H]1NC(=O)C[C@H](NC(=O)OC(C)(C)C)C(=O)NCc1ccccn1. The summed E-state index contributed by atoms with van der Waals surface area (Å²) < 4.78 is 10.7. The van der Waals surface area contributed by atoms with E-state index < -0.39 is 79.1 Å². The first kappa shape index (κ1) is 29.9. The Hall–Kier alpha value is -3.33. The number of nitrogens with one attached hydrogen (secondary N) is 4. The fraction of sp³-hybridized carbons (Fsp3) is 0.609. The number of pyridine rings is 1. The first-order valence-corrected chi connectivity index (χ1v) is 11.7. The molecule has 0 aromatic carbocycles. The molecule has 37 heavy (non-hydrogen) atoms. The molecule has 0 unspecified atom stereocenters. The number of ether oxygens (including phenoxy) is 2. The summed E-state index contributed by atoms with van der Waals surface area (Å²) in [5.74, 6) is -2.06. The molecule has 6 atom stereocenters. The number of aliphatic hydroxyl groups excluding tert-OH is 3. The molecular weight excluding hydrogens is 490 g/mol. The number of carbonyl (C=O) groups is 4. The first-order valence-electron chi connectivity index (χ1n) is 11.7. The normalized spacial score (nSPS) is 24.4. The number of rotatable bonds is 9. The molecule has 1 aromatic rings. The summed E-state index contributed by atoms with van der Waals surface area (Å²) in [5.41, 5.74) is -0.313. The molecule has 1 aromatic heterocycles. The average molecular weight is 526 g/mol. The Bertz CT molecular complexity index is 940. The van der Waals surface area contributed by atoms with Crippen LogP contribution in [0.3, 0.4) is 0 Å². The second-order valence-corrected chi connectivity index (χ2v) is 9.49. The maximum atomic E-state index is 12.9. The minimum atomic E-state index is -1.57. The topological polar surface area (TPSA) is 208 Å². The van der Waals surface area contributed by atoms with Crippen LogP contribution in [0.1, 0.15) is 39.8 Å². The zero-order valence-electron chi connectivity index (χ0n) is 21.1. The van der Waals surface area contributed by atoms with E-state index in [0.717, 1.165) is 0 Å². The number of carbonyl (C=O) groups excluding carboxylic acids is 4. The van der Waals surface area contributed by atoms with Gasteiger partial charge in [-0.2, -0.15) is 0 Å². The van der Waals surface area contributed by atoms with E-state index in [4.69, 9.17) is 9.47 Å². The van der Waals surface area contributed by atoms with E-state index in [2.05, 4.69) is 26.3 Å². The van der Waals surface area contributed by atoms with Crippen molar-refractivity contribution in [3.63, 3.8) is 0 Å². The van der Waals surface area contributed by atoms with Crippen molar-refractivity contribution in [1.29, 1.82) is 0 Å². The van der Waals surface area contributed by atoms with Gasteiger partial charge < -0.3 is 46.1 Å². The molecule has 7 N–H and O–H groups in total. The standard InChI is InChI=1S/C23H35N5O9/c1-12(30)26-17-19(33)18(32)15(11-29)36-21(17)28-16(31)9-14(27-22(35)37-23(2,3)4)20(34)25-10-13-7-5-6-8-24-13/h5-8,14-15,17-19,21,29,32-33H,9-11H2,1-4H3,(H,25,34)(H,26,30)(H,27,35)(H,28,31)/t14-,15+,17+,18+,19+,21+/m0/s1. The predicted molar refractivity (Wildman–Crippen MR) is 127 cm³/mol. The van der Waals surface area contributed by atoms with Gasteiger partial charge in [0.15, 0.2) is 6.23 Å². The molecule has 1 aliphatic rings. The van der Waals surface area contributed by atoms with Crippen molar-refractivity contribution in [3.05, 3.63) is 30.1 Å². The van der Waals surface area contributed by atoms with E-state index in [0.29, 0.717) is 5.69 Å². The summed E-state index contributed by atoms with van der Waals surface area (Å²) in [4.78, 5) is 53.8. The number of aromatic nitrogens is 1. The van der Waals surface area contributed by atoms with E-state index in [-0.39, 0.29) is 6.54 Å². The highest BCUT2D eigenvalue weighted by Gasteiger charge is 2.45. The number of nitrogens with zero attached hydrogens (tertiary/aromatic N) is 1. The Morgan fingerprint density at radius 3 is 2.41 bits per heavy atom. The van der Waals surface area contributed by atoms with E-state index in [1.165, 1.54) is 6.92 Å². The fourth-order valence-electron chi connectivity index (χ4n) is 3.50. The van der Waals surface area contributed by atoms with Gasteiger partial charge in [-0.25, -0.2) is 4.79 Å². The van der Waals surface area contributed by atoms with Crippen molar-refractivity contribution in [2.45, 2.75) is 82.9 Å². The Kier molecular flexibility index (Phi) is 10.7. The van der Waals surface area contributed by atoms with Crippen LogP contribution < -0.4 is 21.3 Å². The van der Waals surface area contributed by atoms with Gasteiger partial charge in [-0.1, -0.05) is 6.07 Å². The van der Waals surface area contributed by atoms with Gasteiger partial charge in [-0.05, 0) is 32.9 Å². The molecule has 0 bridgehead atoms. The van der Waals surface area contributed by atoms with Crippen LogP contribution in [0.4, 0.5) is 4.79 Å². The lowest BCUT2D eigenvalue weighted by atomic mass is 9.95. The average Bonchev–Trinajstić information content (AvgIpc) is 2.81. The number of hydrogen-bond acceptors (Lipinski definition) is 10. The van der Waals surface area contributed by atoms with E-state index in [1.807, 2.05) is 0 Å². The van der Waals surface area contributed by atoms with Gasteiger partial charge in [0.05, 0.1) is 25.3 Å².